The van der Waals surface area contributed by atoms with Crippen molar-refractivity contribution in [2.75, 3.05) is 5.32 Å². The number of nitrogens with two attached hydrogens (primary N) is 1. The van der Waals surface area contributed by atoms with Crippen LogP contribution in [0.4, 0.5) is 5.82 Å². The molecule has 5 nitrogen and oxygen atoms in total. The van der Waals surface area contributed by atoms with Crippen LogP contribution in [-0.4, -0.2) is 15.9 Å². The molecule has 2 rings (SSSR count). The Morgan fingerprint density at radius 2 is 2.05 bits per heavy atom. The van der Waals surface area contributed by atoms with Gasteiger partial charge >= 0.3 is 0 Å². The number of anilines is 1. The molecule has 1 amide bonds. The number of benzene rings is 1. The van der Waals surface area contributed by atoms with Crippen LogP contribution in [0.5, 0.6) is 0 Å². The topological polar surface area (TPSA) is 80.9 Å². The van der Waals surface area contributed by atoms with E-state index < -0.39 is 5.91 Å². The second-order valence-electron chi connectivity index (χ2n) is 4.64. The van der Waals surface area contributed by atoms with Crippen molar-refractivity contribution >= 4 is 23.3 Å². The normalized spacial score (nSPS) is 10.4. The molecular weight excluding hydrogens is 288 g/mol. The second-order valence-corrected chi connectivity index (χ2v) is 4.98. The zero-order valence-corrected chi connectivity index (χ0v) is 12.5. The van der Waals surface area contributed by atoms with Crippen molar-refractivity contribution in [3.8, 4) is 0 Å². The molecule has 3 N–H and O–H groups in total. The van der Waals surface area contributed by atoms with Crippen molar-refractivity contribution in [3.63, 3.8) is 0 Å². The van der Waals surface area contributed by atoms with E-state index >= 15 is 0 Å². The molecule has 0 aliphatic rings. The van der Waals surface area contributed by atoms with E-state index in [2.05, 4.69) is 28.3 Å². The molecule has 1 aromatic heterocycles. The molecule has 0 unspecified atom stereocenters. The maximum Gasteiger partial charge on any atom is 0.254 e. The average Bonchev–Trinajstić information content (AvgIpc) is 2.46. The van der Waals surface area contributed by atoms with Gasteiger partial charge in [-0.2, -0.15) is 4.98 Å². The SMILES string of the molecule is CCCc1ccccc1CNc1nc(Cl)ncc1C(N)=O. The van der Waals surface area contributed by atoms with Crippen LogP contribution in [-0.2, 0) is 13.0 Å². The van der Waals surface area contributed by atoms with Crippen LogP contribution in [0.25, 0.3) is 0 Å². The van der Waals surface area contributed by atoms with Gasteiger partial charge in [0.05, 0.1) is 5.56 Å². The molecule has 1 aromatic carbocycles. The third-order valence-electron chi connectivity index (χ3n) is 3.11. The lowest BCUT2D eigenvalue weighted by molar-refractivity contribution is 0.100. The molecule has 1 heterocycles. The molecule has 0 fully saturated rings. The van der Waals surface area contributed by atoms with Gasteiger partial charge in [-0.15, -0.1) is 0 Å². The minimum atomic E-state index is -0.587. The number of halogens is 1. The lowest BCUT2D eigenvalue weighted by Gasteiger charge is -2.12. The quantitative estimate of drug-likeness (QED) is 0.804. The lowest BCUT2D eigenvalue weighted by atomic mass is 10.0. The molecule has 110 valence electrons. The first-order valence-corrected chi connectivity index (χ1v) is 7.12. The van der Waals surface area contributed by atoms with Gasteiger partial charge in [-0.3, -0.25) is 4.79 Å². The third kappa shape index (κ3) is 3.92. The molecule has 0 saturated carbocycles. The van der Waals surface area contributed by atoms with Gasteiger partial charge in [0.1, 0.15) is 5.82 Å². The van der Waals surface area contributed by atoms with Crippen LogP contribution in [0.1, 0.15) is 34.8 Å². The third-order valence-corrected chi connectivity index (χ3v) is 3.29. The molecule has 6 heteroatoms. The minimum Gasteiger partial charge on any atom is -0.365 e. The van der Waals surface area contributed by atoms with Gasteiger partial charge in [-0.05, 0) is 29.1 Å². The molecule has 0 spiro atoms. The number of carbonyl (C=O) groups excluding carboxylic acids is 1. The number of rotatable bonds is 6. The molecule has 0 atom stereocenters. The van der Waals surface area contributed by atoms with E-state index in [0.29, 0.717) is 12.4 Å². The first-order chi connectivity index (χ1) is 10.1. The van der Waals surface area contributed by atoms with E-state index in [1.807, 2.05) is 18.2 Å². The van der Waals surface area contributed by atoms with Crippen LogP contribution in [0, 0.1) is 0 Å². The van der Waals surface area contributed by atoms with E-state index in [1.165, 1.54) is 11.8 Å². The molecule has 2 aromatic rings. The van der Waals surface area contributed by atoms with E-state index in [9.17, 15) is 4.79 Å². The number of nitrogens with one attached hydrogen (secondary N) is 1. The number of amides is 1. The fourth-order valence-electron chi connectivity index (χ4n) is 2.10. The summed E-state index contributed by atoms with van der Waals surface area (Å²) in [6, 6.07) is 8.15. The summed E-state index contributed by atoms with van der Waals surface area (Å²) in [7, 11) is 0. The highest BCUT2D eigenvalue weighted by Crippen LogP contribution is 2.17. The van der Waals surface area contributed by atoms with Gasteiger partial charge in [-0.25, -0.2) is 4.98 Å². The smallest absolute Gasteiger partial charge is 0.254 e. The fraction of sp³-hybridized carbons (Fsp3) is 0.267. The maximum absolute atomic E-state index is 11.4. The number of aromatic nitrogens is 2. The number of hydrogen-bond acceptors (Lipinski definition) is 4. The Hall–Kier alpha value is -2.14. The Morgan fingerprint density at radius 3 is 2.71 bits per heavy atom. The van der Waals surface area contributed by atoms with Gasteiger partial charge in [0, 0.05) is 12.7 Å². The monoisotopic (exact) mass is 304 g/mol. The number of primary amides is 1. The van der Waals surface area contributed by atoms with Gasteiger partial charge in [0.2, 0.25) is 5.28 Å². The second kappa shape index (κ2) is 7.04. The zero-order chi connectivity index (χ0) is 15.2. The Labute approximate surface area is 128 Å². The molecule has 0 aliphatic heterocycles. The summed E-state index contributed by atoms with van der Waals surface area (Å²) in [5, 5.41) is 3.19. The Balaban J connectivity index is 2.20. The van der Waals surface area contributed by atoms with E-state index in [1.54, 1.807) is 0 Å². The van der Waals surface area contributed by atoms with E-state index in [4.69, 9.17) is 17.3 Å². The van der Waals surface area contributed by atoms with Crippen molar-refractivity contribution in [1.82, 2.24) is 9.97 Å². The lowest BCUT2D eigenvalue weighted by Crippen LogP contribution is -2.16. The van der Waals surface area contributed by atoms with Gasteiger partial charge < -0.3 is 11.1 Å². The predicted octanol–water partition coefficient (Wildman–Crippen LogP) is 2.79. The van der Waals surface area contributed by atoms with Gasteiger partial charge in [0.25, 0.3) is 5.91 Å². The molecule has 0 saturated heterocycles. The summed E-state index contributed by atoms with van der Waals surface area (Å²) in [5.74, 6) is -0.232. The minimum absolute atomic E-state index is 0.0735. The Morgan fingerprint density at radius 1 is 1.33 bits per heavy atom. The van der Waals surface area contributed by atoms with Crippen molar-refractivity contribution < 1.29 is 4.79 Å². The molecule has 0 aliphatic carbocycles. The summed E-state index contributed by atoms with van der Waals surface area (Å²) >= 11 is 5.77. The largest absolute Gasteiger partial charge is 0.365 e. The highest BCUT2D eigenvalue weighted by atomic mass is 35.5. The molecule has 0 radical (unpaired) electrons. The highest BCUT2D eigenvalue weighted by molar-refractivity contribution is 6.28. The summed E-state index contributed by atoms with van der Waals surface area (Å²) < 4.78 is 0. The average molecular weight is 305 g/mol. The van der Waals surface area contributed by atoms with Crippen molar-refractivity contribution in [1.29, 1.82) is 0 Å². The molecular formula is C15H17ClN4O. The van der Waals surface area contributed by atoms with E-state index in [0.717, 1.165) is 18.4 Å². The van der Waals surface area contributed by atoms with Crippen LogP contribution >= 0.6 is 11.6 Å². The Kier molecular flexibility index (Phi) is 5.11. The first-order valence-electron chi connectivity index (χ1n) is 6.74. The molecule has 0 bridgehead atoms. The summed E-state index contributed by atoms with van der Waals surface area (Å²) in [6.07, 6.45) is 3.41. The number of carbonyl (C=O) groups is 1. The molecule has 21 heavy (non-hydrogen) atoms. The number of aryl methyl sites for hydroxylation is 1. The first kappa shape index (κ1) is 15.3. The highest BCUT2D eigenvalue weighted by Gasteiger charge is 2.11. The van der Waals surface area contributed by atoms with E-state index in [-0.39, 0.29) is 10.8 Å². The number of nitrogens with zero attached hydrogens (tertiary/aromatic N) is 2. The summed E-state index contributed by atoms with van der Waals surface area (Å²) in [5.41, 5.74) is 7.97. The van der Waals surface area contributed by atoms with Crippen LogP contribution in [0.3, 0.4) is 0 Å². The van der Waals surface area contributed by atoms with Gasteiger partial charge in [-0.1, -0.05) is 37.6 Å². The predicted molar refractivity (Wildman–Crippen MR) is 83.3 cm³/mol. The zero-order valence-electron chi connectivity index (χ0n) is 11.8. The summed E-state index contributed by atoms with van der Waals surface area (Å²) in [4.78, 5) is 19.2. The van der Waals surface area contributed by atoms with Crippen LogP contribution < -0.4 is 11.1 Å². The van der Waals surface area contributed by atoms with Gasteiger partial charge in [0.15, 0.2) is 0 Å². The maximum atomic E-state index is 11.4. The fourth-order valence-corrected chi connectivity index (χ4v) is 2.23. The Bertz CT molecular complexity index is 645. The van der Waals surface area contributed by atoms with Crippen molar-refractivity contribution in [2.24, 2.45) is 5.73 Å². The number of hydrogen-bond donors (Lipinski definition) is 2. The van der Waals surface area contributed by atoms with Crippen molar-refractivity contribution in [3.05, 3.63) is 52.4 Å². The van der Waals surface area contributed by atoms with Crippen LogP contribution in [0.2, 0.25) is 5.28 Å². The van der Waals surface area contributed by atoms with Crippen LogP contribution in [0.15, 0.2) is 30.5 Å². The van der Waals surface area contributed by atoms with Crippen molar-refractivity contribution in [2.45, 2.75) is 26.3 Å². The summed E-state index contributed by atoms with van der Waals surface area (Å²) in [6.45, 7) is 2.68. The standard InChI is InChI=1S/C15H17ClN4O/c1-2-5-10-6-3-4-7-11(10)8-18-14-12(13(17)21)9-19-15(16)20-14/h3-4,6-7,9H,2,5,8H2,1H3,(H2,17,21)(H,18,19,20).